The van der Waals surface area contributed by atoms with Crippen molar-refractivity contribution in [1.29, 1.82) is 0 Å². The number of hydrogen-bond acceptors (Lipinski definition) is 3. The standard InChI is InChI=1S/C17H11FN2O2/c18-13-8-11-2-1-5-19-16(11)12(9-13)10-20-6-3-15-14(17(20)21)4-7-22-15/h1-9H,10H2. The van der Waals surface area contributed by atoms with Crippen LogP contribution < -0.4 is 5.56 Å². The van der Waals surface area contributed by atoms with E-state index in [0.717, 1.165) is 5.39 Å². The first kappa shape index (κ1) is 12.8. The van der Waals surface area contributed by atoms with Gasteiger partial charge >= 0.3 is 0 Å². The van der Waals surface area contributed by atoms with Gasteiger partial charge in [0.2, 0.25) is 0 Å². The highest BCUT2D eigenvalue weighted by Crippen LogP contribution is 2.19. The van der Waals surface area contributed by atoms with Crippen molar-refractivity contribution in [3.05, 3.63) is 76.8 Å². The van der Waals surface area contributed by atoms with Gasteiger partial charge in [0.05, 0.1) is 23.7 Å². The molecule has 5 heteroatoms. The molecule has 3 aromatic heterocycles. The fourth-order valence-electron chi connectivity index (χ4n) is 2.66. The number of fused-ring (bicyclic) bond motifs is 2. The van der Waals surface area contributed by atoms with E-state index in [4.69, 9.17) is 4.42 Å². The van der Waals surface area contributed by atoms with E-state index in [9.17, 15) is 9.18 Å². The molecule has 0 unspecified atom stereocenters. The SMILES string of the molecule is O=c1c2ccoc2ccn1Cc1cc(F)cc2cccnc12. The number of furan rings is 1. The van der Waals surface area contributed by atoms with Crippen LogP contribution in [0.3, 0.4) is 0 Å². The minimum Gasteiger partial charge on any atom is -0.464 e. The van der Waals surface area contributed by atoms with Gasteiger partial charge in [0.15, 0.2) is 0 Å². The predicted molar refractivity (Wildman–Crippen MR) is 81.3 cm³/mol. The van der Waals surface area contributed by atoms with Gasteiger partial charge < -0.3 is 8.98 Å². The first-order valence-corrected chi connectivity index (χ1v) is 6.82. The summed E-state index contributed by atoms with van der Waals surface area (Å²) in [7, 11) is 0. The first-order chi connectivity index (χ1) is 10.7. The fraction of sp³-hybridized carbons (Fsp3) is 0.0588. The lowest BCUT2D eigenvalue weighted by Gasteiger charge is -2.09. The molecule has 0 saturated carbocycles. The molecular formula is C17H11FN2O2. The summed E-state index contributed by atoms with van der Waals surface area (Å²) < 4.78 is 20.5. The summed E-state index contributed by atoms with van der Waals surface area (Å²) >= 11 is 0. The van der Waals surface area contributed by atoms with Crippen LogP contribution >= 0.6 is 0 Å². The van der Waals surface area contributed by atoms with Gasteiger partial charge in [0, 0.05) is 23.3 Å². The van der Waals surface area contributed by atoms with Crippen LogP contribution in [0.5, 0.6) is 0 Å². The maximum absolute atomic E-state index is 13.8. The number of rotatable bonds is 2. The quantitative estimate of drug-likeness (QED) is 0.570. The van der Waals surface area contributed by atoms with Gasteiger partial charge in [0.1, 0.15) is 11.4 Å². The van der Waals surface area contributed by atoms with Crippen LogP contribution in [-0.4, -0.2) is 9.55 Å². The highest BCUT2D eigenvalue weighted by molar-refractivity contribution is 5.82. The number of pyridine rings is 2. The molecule has 108 valence electrons. The molecule has 22 heavy (non-hydrogen) atoms. The Morgan fingerprint density at radius 3 is 3.05 bits per heavy atom. The highest BCUT2D eigenvalue weighted by Gasteiger charge is 2.09. The van der Waals surface area contributed by atoms with Crippen molar-refractivity contribution in [2.75, 3.05) is 0 Å². The molecule has 0 aliphatic carbocycles. The van der Waals surface area contributed by atoms with Gasteiger partial charge in [-0.2, -0.15) is 0 Å². The van der Waals surface area contributed by atoms with E-state index in [1.54, 1.807) is 36.7 Å². The van der Waals surface area contributed by atoms with Gasteiger partial charge in [-0.25, -0.2) is 4.39 Å². The topological polar surface area (TPSA) is 48.0 Å². The van der Waals surface area contributed by atoms with E-state index in [1.807, 2.05) is 0 Å². The van der Waals surface area contributed by atoms with E-state index in [-0.39, 0.29) is 17.9 Å². The summed E-state index contributed by atoms with van der Waals surface area (Å²) in [6.07, 6.45) is 4.79. The van der Waals surface area contributed by atoms with Gasteiger partial charge in [-0.1, -0.05) is 6.07 Å². The van der Waals surface area contributed by atoms with Crippen molar-refractivity contribution in [2.24, 2.45) is 0 Å². The van der Waals surface area contributed by atoms with Crippen molar-refractivity contribution >= 4 is 21.9 Å². The molecule has 0 spiro atoms. The van der Waals surface area contributed by atoms with Crippen LogP contribution in [0.4, 0.5) is 4.39 Å². The number of halogens is 1. The van der Waals surface area contributed by atoms with Crippen LogP contribution in [0.15, 0.2) is 64.3 Å². The Balaban J connectivity index is 1.89. The maximum Gasteiger partial charge on any atom is 0.262 e. The minimum absolute atomic E-state index is 0.167. The summed E-state index contributed by atoms with van der Waals surface area (Å²) in [6, 6.07) is 9.78. The van der Waals surface area contributed by atoms with Gasteiger partial charge in [-0.15, -0.1) is 0 Å². The Morgan fingerprint density at radius 1 is 1.23 bits per heavy atom. The van der Waals surface area contributed by atoms with E-state index in [2.05, 4.69) is 4.98 Å². The van der Waals surface area contributed by atoms with Gasteiger partial charge in [0.25, 0.3) is 5.56 Å². The number of nitrogens with zero attached hydrogens (tertiary/aromatic N) is 2. The van der Waals surface area contributed by atoms with Crippen LogP contribution in [0.2, 0.25) is 0 Å². The summed E-state index contributed by atoms with van der Waals surface area (Å²) in [5.74, 6) is -0.340. The lowest BCUT2D eigenvalue weighted by atomic mass is 10.1. The first-order valence-electron chi connectivity index (χ1n) is 6.82. The monoisotopic (exact) mass is 294 g/mol. The molecular weight excluding hydrogens is 283 g/mol. The largest absolute Gasteiger partial charge is 0.464 e. The third-order valence-corrected chi connectivity index (χ3v) is 3.68. The second-order valence-corrected chi connectivity index (χ2v) is 5.09. The molecule has 0 N–H and O–H groups in total. The van der Waals surface area contributed by atoms with E-state index in [1.165, 1.54) is 23.0 Å². The van der Waals surface area contributed by atoms with Crippen LogP contribution in [0, 0.1) is 5.82 Å². The molecule has 0 atom stereocenters. The lowest BCUT2D eigenvalue weighted by molar-refractivity contribution is 0.613. The Kier molecular flexibility index (Phi) is 2.79. The van der Waals surface area contributed by atoms with E-state index < -0.39 is 0 Å². The Hall–Kier alpha value is -2.95. The number of hydrogen-bond donors (Lipinski definition) is 0. The molecule has 0 aliphatic heterocycles. The zero-order valence-electron chi connectivity index (χ0n) is 11.5. The van der Waals surface area contributed by atoms with Crippen LogP contribution in [0.25, 0.3) is 21.9 Å². The fourth-order valence-corrected chi connectivity index (χ4v) is 2.66. The third-order valence-electron chi connectivity index (χ3n) is 3.68. The number of benzene rings is 1. The van der Waals surface area contributed by atoms with Gasteiger partial charge in [-0.3, -0.25) is 9.78 Å². The molecule has 0 aliphatic rings. The van der Waals surface area contributed by atoms with Crippen LogP contribution in [-0.2, 0) is 6.54 Å². The molecule has 0 saturated heterocycles. The van der Waals surface area contributed by atoms with Crippen molar-refractivity contribution in [3.63, 3.8) is 0 Å². The Morgan fingerprint density at radius 2 is 2.14 bits per heavy atom. The van der Waals surface area contributed by atoms with E-state index in [0.29, 0.717) is 22.0 Å². The summed E-state index contributed by atoms with van der Waals surface area (Å²) in [4.78, 5) is 16.7. The average Bonchev–Trinajstić information content (AvgIpc) is 2.99. The minimum atomic E-state index is -0.340. The molecule has 0 radical (unpaired) electrons. The molecule has 3 heterocycles. The molecule has 4 nitrogen and oxygen atoms in total. The molecule has 0 bridgehead atoms. The van der Waals surface area contributed by atoms with Crippen LogP contribution in [0.1, 0.15) is 5.56 Å². The Labute approximate surface area is 124 Å². The molecule has 0 amide bonds. The number of aromatic nitrogens is 2. The molecule has 4 rings (SSSR count). The second-order valence-electron chi connectivity index (χ2n) is 5.09. The summed E-state index contributed by atoms with van der Waals surface area (Å²) in [6.45, 7) is 0.255. The van der Waals surface area contributed by atoms with Crippen molar-refractivity contribution < 1.29 is 8.81 Å². The highest BCUT2D eigenvalue weighted by atomic mass is 19.1. The maximum atomic E-state index is 13.8. The molecule has 1 aromatic carbocycles. The normalized spacial score (nSPS) is 11.3. The summed E-state index contributed by atoms with van der Waals surface area (Å²) in [5, 5.41) is 1.23. The Bertz CT molecular complexity index is 1050. The smallest absolute Gasteiger partial charge is 0.262 e. The third kappa shape index (κ3) is 1.98. The summed E-state index contributed by atoms with van der Waals surface area (Å²) in [5.41, 5.74) is 1.74. The average molecular weight is 294 g/mol. The predicted octanol–water partition coefficient (Wildman–Crippen LogP) is 3.33. The molecule has 0 fully saturated rings. The van der Waals surface area contributed by atoms with Crippen molar-refractivity contribution in [3.8, 4) is 0 Å². The van der Waals surface area contributed by atoms with E-state index >= 15 is 0 Å². The van der Waals surface area contributed by atoms with Crippen molar-refractivity contribution in [1.82, 2.24) is 9.55 Å². The zero-order valence-corrected chi connectivity index (χ0v) is 11.5. The second kappa shape index (κ2) is 4.80. The van der Waals surface area contributed by atoms with Gasteiger partial charge in [-0.05, 0) is 30.3 Å². The molecule has 4 aromatic rings. The van der Waals surface area contributed by atoms with Crippen molar-refractivity contribution in [2.45, 2.75) is 6.54 Å². The lowest BCUT2D eigenvalue weighted by Crippen LogP contribution is -2.19. The zero-order chi connectivity index (χ0) is 15.1.